The number of carbonyl (C=O) groups excluding carboxylic acids is 1. The average molecular weight is 288 g/mol. The van der Waals surface area contributed by atoms with E-state index in [0.717, 1.165) is 38.5 Å². The fraction of sp³-hybridized carbons (Fsp3) is 0.471. The van der Waals surface area contributed by atoms with Crippen molar-refractivity contribution in [1.29, 1.82) is 0 Å². The molecule has 114 valence electrons. The molecule has 0 atom stereocenters. The summed E-state index contributed by atoms with van der Waals surface area (Å²) in [7, 11) is 0. The van der Waals surface area contributed by atoms with Crippen LogP contribution in [-0.4, -0.2) is 55.0 Å². The summed E-state index contributed by atoms with van der Waals surface area (Å²) in [6, 6.07) is 5.91. The van der Waals surface area contributed by atoms with E-state index in [-0.39, 0.29) is 12.5 Å². The van der Waals surface area contributed by atoms with Gasteiger partial charge < -0.3 is 9.64 Å². The van der Waals surface area contributed by atoms with Crippen LogP contribution in [0.3, 0.4) is 0 Å². The molecule has 0 spiro atoms. The van der Waals surface area contributed by atoms with Gasteiger partial charge in [0, 0.05) is 32.7 Å². The molecular formula is C17H24N2O2. The normalized spacial score (nSPS) is 15.8. The van der Waals surface area contributed by atoms with Gasteiger partial charge in [-0.2, -0.15) is 0 Å². The molecule has 1 heterocycles. The van der Waals surface area contributed by atoms with Gasteiger partial charge in [0.1, 0.15) is 5.75 Å². The molecule has 0 radical (unpaired) electrons. The van der Waals surface area contributed by atoms with E-state index in [1.165, 1.54) is 11.1 Å². The van der Waals surface area contributed by atoms with E-state index in [1.807, 2.05) is 36.1 Å². The number of piperazine rings is 1. The summed E-state index contributed by atoms with van der Waals surface area (Å²) < 4.78 is 5.61. The number of amides is 1. The molecule has 4 nitrogen and oxygen atoms in total. The van der Waals surface area contributed by atoms with Crippen LogP contribution in [0.4, 0.5) is 0 Å². The first-order valence-corrected chi connectivity index (χ1v) is 7.41. The molecule has 1 aliphatic heterocycles. The minimum atomic E-state index is 0.0616. The van der Waals surface area contributed by atoms with Gasteiger partial charge in [0.05, 0.1) is 0 Å². The third-order valence-electron chi connectivity index (χ3n) is 3.95. The van der Waals surface area contributed by atoms with Crippen molar-refractivity contribution in [3.05, 3.63) is 42.0 Å². The zero-order valence-corrected chi connectivity index (χ0v) is 13.0. The van der Waals surface area contributed by atoms with Crippen molar-refractivity contribution in [2.45, 2.75) is 13.8 Å². The van der Waals surface area contributed by atoms with Crippen LogP contribution in [-0.2, 0) is 4.79 Å². The molecular weight excluding hydrogens is 264 g/mol. The van der Waals surface area contributed by atoms with Gasteiger partial charge >= 0.3 is 0 Å². The summed E-state index contributed by atoms with van der Waals surface area (Å²) in [5.41, 5.74) is 2.41. The molecule has 4 heteroatoms. The third-order valence-corrected chi connectivity index (χ3v) is 3.95. The van der Waals surface area contributed by atoms with Crippen molar-refractivity contribution >= 4 is 5.91 Å². The Kier molecular flexibility index (Phi) is 5.39. The van der Waals surface area contributed by atoms with Crippen molar-refractivity contribution < 1.29 is 9.53 Å². The Balaban J connectivity index is 1.79. The number of rotatable bonds is 5. The highest BCUT2D eigenvalue weighted by atomic mass is 16.5. The van der Waals surface area contributed by atoms with Crippen LogP contribution in [0.2, 0.25) is 0 Å². The van der Waals surface area contributed by atoms with E-state index in [4.69, 9.17) is 4.74 Å². The van der Waals surface area contributed by atoms with Crippen molar-refractivity contribution in [3.8, 4) is 5.75 Å². The Morgan fingerprint density at radius 1 is 1.24 bits per heavy atom. The second kappa shape index (κ2) is 7.27. The average Bonchev–Trinajstić information content (AvgIpc) is 2.49. The molecule has 1 amide bonds. The third kappa shape index (κ3) is 4.33. The summed E-state index contributed by atoms with van der Waals surface area (Å²) in [5, 5.41) is 0. The van der Waals surface area contributed by atoms with Gasteiger partial charge in [-0.3, -0.25) is 9.69 Å². The Morgan fingerprint density at radius 3 is 2.57 bits per heavy atom. The maximum absolute atomic E-state index is 12.2. The minimum absolute atomic E-state index is 0.0616. The van der Waals surface area contributed by atoms with Crippen molar-refractivity contribution in [2.24, 2.45) is 0 Å². The number of nitrogens with zero attached hydrogens (tertiary/aromatic N) is 2. The highest BCUT2D eigenvalue weighted by Crippen LogP contribution is 2.16. The molecule has 21 heavy (non-hydrogen) atoms. The fourth-order valence-corrected chi connectivity index (χ4v) is 2.40. The van der Waals surface area contributed by atoms with E-state index in [1.54, 1.807) is 0 Å². The molecule has 0 aliphatic carbocycles. The summed E-state index contributed by atoms with van der Waals surface area (Å²) in [4.78, 5) is 16.3. The molecule has 0 saturated carbocycles. The van der Waals surface area contributed by atoms with Crippen LogP contribution >= 0.6 is 0 Å². The van der Waals surface area contributed by atoms with Gasteiger partial charge in [0.2, 0.25) is 0 Å². The number of hydrogen-bond acceptors (Lipinski definition) is 3. The summed E-state index contributed by atoms with van der Waals surface area (Å²) >= 11 is 0. The van der Waals surface area contributed by atoms with Crippen LogP contribution < -0.4 is 4.74 Å². The van der Waals surface area contributed by atoms with Crippen LogP contribution in [0, 0.1) is 13.8 Å². The van der Waals surface area contributed by atoms with Crippen LogP contribution in [0.25, 0.3) is 0 Å². The summed E-state index contributed by atoms with van der Waals surface area (Å²) in [6.07, 6.45) is 1.90. The Hall–Kier alpha value is -1.81. The smallest absolute Gasteiger partial charge is 0.260 e. The predicted octanol–water partition coefficient (Wildman–Crippen LogP) is 2.01. The number of hydrogen-bond donors (Lipinski definition) is 0. The van der Waals surface area contributed by atoms with E-state index in [2.05, 4.69) is 18.4 Å². The molecule has 1 saturated heterocycles. The molecule has 0 bridgehead atoms. The van der Waals surface area contributed by atoms with Crippen molar-refractivity contribution in [1.82, 2.24) is 9.80 Å². The van der Waals surface area contributed by atoms with E-state index < -0.39 is 0 Å². The number of carbonyl (C=O) groups is 1. The van der Waals surface area contributed by atoms with Crippen molar-refractivity contribution in [2.75, 3.05) is 39.3 Å². The van der Waals surface area contributed by atoms with Gasteiger partial charge in [0.25, 0.3) is 5.91 Å². The number of benzene rings is 1. The summed E-state index contributed by atoms with van der Waals surface area (Å²) in [6.45, 7) is 12.2. The molecule has 0 N–H and O–H groups in total. The second-order valence-corrected chi connectivity index (χ2v) is 5.50. The Labute approximate surface area is 127 Å². The highest BCUT2D eigenvalue weighted by molar-refractivity contribution is 5.77. The molecule has 0 aromatic heterocycles. The lowest BCUT2D eigenvalue weighted by atomic mass is 10.1. The number of ether oxygens (including phenoxy) is 1. The van der Waals surface area contributed by atoms with Gasteiger partial charge in [-0.05, 0) is 37.1 Å². The van der Waals surface area contributed by atoms with Gasteiger partial charge in [-0.1, -0.05) is 12.1 Å². The Bertz CT molecular complexity index is 506. The highest BCUT2D eigenvalue weighted by Gasteiger charge is 2.20. The second-order valence-electron chi connectivity index (χ2n) is 5.50. The van der Waals surface area contributed by atoms with Gasteiger partial charge in [-0.15, -0.1) is 6.58 Å². The van der Waals surface area contributed by atoms with Gasteiger partial charge in [-0.25, -0.2) is 0 Å². The largest absolute Gasteiger partial charge is 0.484 e. The molecule has 1 fully saturated rings. The van der Waals surface area contributed by atoms with Crippen LogP contribution in [0.1, 0.15) is 11.1 Å². The molecule has 2 rings (SSSR count). The monoisotopic (exact) mass is 288 g/mol. The maximum Gasteiger partial charge on any atom is 0.260 e. The quantitative estimate of drug-likeness (QED) is 0.777. The molecule has 1 aliphatic rings. The SMILES string of the molecule is C=CCN1CCN(C(=O)COc2ccc(C)c(C)c2)CC1. The minimum Gasteiger partial charge on any atom is -0.484 e. The van der Waals surface area contributed by atoms with E-state index in [0.29, 0.717) is 0 Å². The van der Waals surface area contributed by atoms with Gasteiger partial charge in [0.15, 0.2) is 6.61 Å². The first kappa shape index (κ1) is 15.6. The van der Waals surface area contributed by atoms with Crippen LogP contribution in [0.5, 0.6) is 5.75 Å². The van der Waals surface area contributed by atoms with E-state index in [9.17, 15) is 4.79 Å². The maximum atomic E-state index is 12.2. The molecule has 0 unspecified atom stereocenters. The van der Waals surface area contributed by atoms with Crippen molar-refractivity contribution in [3.63, 3.8) is 0 Å². The summed E-state index contributed by atoms with van der Waals surface area (Å²) in [5.74, 6) is 0.822. The molecule has 1 aromatic carbocycles. The first-order valence-electron chi connectivity index (χ1n) is 7.41. The number of aryl methyl sites for hydroxylation is 2. The Morgan fingerprint density at radius 2 is 1.95 bits per heavy atom. The zero-order chi connectivity index (χ0) is 15.2. The zero-order valence-electron chi connectivity index (χ0n) is 13.0. The topological polar surface area (TPSA) is 32.8 Å². The standard InChI is InChI=1S/C17H24N2O2/c1-4-7-18-8-10-19(11-9-18)17(20)13-21-16-6-5-14(2)15(3)12-16/h4-6,12H,1,7-11,13H2,2-3H3. The lowest BCUT2D eigenvalue weighted by Crippen LogP contribution is -2.49. The first-order chi connectivity index (χ1) is 10.1. The fourth-order valence-electron chi connectivity index (χ4n) is 2.40. The lowest BCUT2D eigenvalue weighted by molar-refractivity contribution is -0.135. The molecule has 1 aromatic rings. The van der Waals surface area contributed by atoms with E-state index >= 15 is 0 Å². The predicted molar refractivity (Wildman–Crippen MR) is 84.6 cm³/mol. The lowest BCUT2D eigenvalue weighted by Gasteiger charge is -2.34. The van der Waals surface area contributed by atoms with Crippen LogP contribution in [0.15, 0.2) is 30.9 Å².